The van der Waals surface area contributed by atoms with Gasteiger partial charge in [0.1, 0.15) is 0 Å². The normalized spacial score (nSPS) is 34.1. The molecule has 1 N–H and O–H groups in total. The Balaban J connectivity index is 1.91. The molecule has 3 atom stereocenters. The Labute approximate surface area is 107 Å². The van der Waals surface area contributed by atoms with E-state index < -0.39 is 0 Å². The van der Waals surface area contributed by atoms with E-state index >= 15 is 0 Å². The maximum Gasteiger partial charge on any atom is 0.0693 e. The van der Waals surface area contributed by atoms with Gasteiger partial charge in [0.05, 0.1) is 5.60 Å². The lowest BCUT2D eigenvalue weighted by Crippen LogP contribution is -2.48. The first-order valence-electron chi connectivity index (χ1n) is 7.41. The Kier molecular flexibility index (Phi) is 4.48. The van der Waals surface area contributed by atoms with Crippen molar-refractivity contribution < 1.29 is 4.74 Å². The van der Waals surface area contributed by atoms with Crippen LogP contribution in [-0.4, -0.2) is 25.8 Å². The molecule has 0 amide bonds. The molecule has 2 aliphatic rings. The molecule has 100 valence electrons. The fourth-order valence-corrected chi connectivity index (χ4v) is 3.81. The van der Waals surface area contributed by atoms with Gasteiger partial charge in [0.25, 0.3) is 0 Å². The molecular formula is C15H29NO. The average Bonchev–Trinajstić information content (AvgIpc) is 2.29. The summed E-state index contributed by atoms with van der Waals surface area (Å²) in [7, 11) is 4.03. The Morgan fingerprint density at radius 1 is 1.29 bits per heavy atom. The first-order valence-corrected chi connectivity index (χ1v) is 7.41. The molecule has 2 fully saturated rings. The van der Waals surface area contributed by atoms with Gasteiger partial charge in [0, 0.05) is 13.2 Å². The van der Waals surface area contributed by atoms with Gasteiger partial charge in [-0.1, -0.05) is 19.8 Å². The van der Waals surface area contributed by atoms with E-state index in [0.717, 1.165) is 11.8 Å². The highest BCUT2D eigenvalue weighted by atomic mass is 16.5. The quantitative estimate of drug-likeness (QED) is 0.794. The van der Waals surface area contributed by atoms with Crippen LogP contribution < -0.4 is 5.32 Å². The summed E-state index contributed by atoms with van der Waals surface area (Å²) >= 11 is 0. The van der Waals surface area contributed by atoms with E-state index in [1.165, 1.54) is 51.4 Å². The van der Waals surface area contributed by atoms with Crippen molar-refractivity contribution in [2.24, 2.45) is 11.8 Å². The molecule has 0 heterocycles. The summed E-state index contributed by atoms with van der Waals surface area (Å²) in [4.78, 5) is 0. The van der Waals surface area contributed by atoms with Crippen molar-refractivity contribution in [1.82, 2.24) is 5.32 Å². The fraction of sp³-hybridized carbons (Fsp3) is 1.00. The molecule has 2 aliphatic carbocycles. The smallest absolute Gasteiger partial charge is 0.0693 e. The second-order valence-corrected chi connectivity index (χ2v) is 6.37. The Morgan fingerprint density at radius 2 is 2.06 bits per heavy atom. The molecule has 2 heteroatoms. The summed E-state index contributed by atoms with van der Waals surface area (Å²) in [6, 6.07) is 0.665. The van der Waals surface area contributed by atoms with Crippen molar-refractivity contribution in [3.05, 3.63) is 0 Å². The van der Waals surface area contributed by atoms with Crippen LogP contribution in [0.5, 0.6) is 0 Å². The molecule has 2 saturated carbocycles. The van der Waals surface area contributed by atoms with Crippen molar-refractivity contribution in [3.8, 4) is 0 Å². The zero-order valence-corrected chi connectivity index (χ0v) is 11.8. The highest BCUT2D eigenvalue weighted by Crippen LogP contribution is 2.42. The Bertz CT molecular complexity index is 232. The summed E-state index contributed by atoms with van der Waals surface area (Å²) in [6.07, 6.45) is 10.8. The lowest BCUT2D eigenvalue weighted by Gasteiger charge is -2.45. The van der Waals surface area contributed by atoms with Crippen LogP contribution in [0.2, 0.25) is 0 Å². The lowest BCUT2D eigenvalue weighted by molar-refractivity contribution is -0.0878. The standard InChI is InChI=1S/C15H29NO/c1-12-6-4-7-13(10-12)14(16-2)11-15(17-3)8-5-9-15/h12-14,16H,4-11H2,1-3H3. The third kappa shape index (κ3) is 3.03. The number of hydrogen-bond donors (Lipinski definition) is 1. The maximum atomic E-state index is 5.78. The average molecular weight is 239 g/mol. The van der Waals surface area contributed by atoms with E-state index in [4.69, 9.17) is 4.74 Å². The molecule has 3 unspecified atom stereocenters. The van der Waals surface area contributed by atoms with E-state index in [9.17, 15) is 0 Å². The predicted octanol–water partition coefficient (Wildman–Crippen LogP) is 3.36. The van der Waals surface area contributed by atoms with Crippen molar-refractivity contribution in [2.75, 3.05) is 14.2 Å². The number of nitrogens with one attached hydrogen (secondary N) is 1. The first-order chi connectivity index (χ1) is 8.19. The van der Waals surface area contributed by atoms with Crippen LogP contribution in [0.3, 0.4) is 0 Å². The van der Waals surface area contributed by atoms with Gasteiger partial charge in [-0.3, -0.25) is 0 Å². The predicted molar refractivity (Wildman–Crippen MR) is 72.2 cm³/mol. The largest absolute Gasteiger partial charge is 0.378 e. The third-order valence-electron chi connectivity index (χ3n) is 5.21. The van der Waals surface area contributed by atoms with Crippen molar-refractivity contribution in [3.63, 3.8) is 0 Å². The van der Waals surface area contributed by atoms with Crippen LogP contribution in [0, 0.1) is 11.8 Å². The van der Waals surface area contributed by atoms with Gasteiger partial charge < -0.3 is 10.1 Å². The van der Waals surface area contributed by atoms with Gasteiger partial charge in [-0.15, -0.1) is 0 Å². The molecule has 0 aromatic carbocycles. The van der Waals surface area contributed by atoms with E-state index in [0.29, 0.717) is 6.04 Å². The Hall–Kier alpha value is -0.0800. The fourth-order valence-electron chi connectivity index (χ4n) is 3.81. The highest BCUT2D eigenvalue weighted by molar-refractivity contribution is 4.95. The molecule has 17 heavy (non-hydrogen) atoms. The zero-order chi connectivity index (χ0) is 12.3. The van der Waals surface area contributed by atoms with Crippen LogP contribution >= 0.6 is 0 Å². The van der Waals surface area contributed by atoms with E-state index in [1.54, 1.807) is 0 Å². The highest BCUT2D eigenvalue weighted by Gasteiger charge is 2.40. The van der Waals surface area contributed by atoms with Gasteiger partial charge in [0.2, 0.25) is 0 Å². The second kappa shape index (κ2) is 5.71. The molecule has 0 spiro atoms. The summed E-state index contributed by atoms with van der Waals surface area (Å²) < 4.78 is 5.78. The topological polar surface area (TPSA) is 21.3 Å². The molecule has 2 nitrogen and oxygen atoms in total. The van der Waals surface area contributed by atoms with Crippen LogP contribution in [-0.2, 0) is 4.74 Å². The number of ether oxygens (including phenoxy) is 1. The van der Waals surface area contributed by atoms with Crippen molar-refractivity contribution in [2.45, 2.75) is 69.9 Å². The number of rotatable bonds is 5. The van der Waals surface area contributed by atoms with Crippen molar-refractivity contribution in [1.29, 1.82) is 0 Å². The molecule has 0 radical (unpaired) electrons. The minimum absolute atomic E-state index is 0.217. The molecule has 0 saturated heterocycles. The molecule has 0 aromatic heterocycles. The number of methoxy groups -OCH3 is 1. The van der Waals surface area contributed by atoms with Gasteiger partial charge >= 0.3 is 0 Å². The van der Waals surface area contributed by atoms with Gasteiger partial charge in [-0.05, 0) is 57.4 Å². The summed E-state index contributed by atoms with van der Waals surface area (Å²) in [5, 5.41) is 3.57. The summed E-state index contributed by atoms with van der Waals surface area (Å²) in [5.74, 6) is 1.79. The van der Waals surface area contributed by atoms with Gasteiger partial charge in [0.15, 0.2) is 0 Å². The third-order valence-corrected chi connectivity index (χ3v) is 5.21. The summed E-state index contributed by atoms with van der Waals surface area (Å²) in [5.41, 5.74) is 0.217. The van der Waals surface area contributed by atoms with Gasteiger partial charge in [-0.2, -0.15) is 0 Å². The van der Waals surface area contributed by atoms with Crippen LogP contribution in [0.25, 0.3) is 0 Å². The van der Waals surface area contributed by atoms with E-state index in [-0.39, 0.29) is 5.60 Å². The molecule has 0 aromatic rings. The Morgan fingerprint density at radius 3 is 2.53 bits per heavy atom. The monoisotopic (exact) mass is 239 g/mol. The maximum absolute atomic E-state index is 5.78. The SMILES string of the molecule is CNC(CC1(OC)CCC1)C1CCCC(C)C1. The number of hydrogen-bond acceptors (Lipinski definition) is 2. The second-order valence-electron chi connectivity index (χ2n) is 6.37. The van der Waals surface area contributed by atoms with Crippen molar-refractivity contribution >= 4 is 0 Å². The molecule has 2 rings (SSSR count). The lowest BCUT2D eigenvalue weighted by atomic mass is 9.70. The minimum Gasteiger partial charge on any atom is -0.378 e. The van der Waals surface area contributed by atoms with Crippen LogP contribution in [0.4, 0.5) is 0 Å². The van der Waals surface area contributed by atoms with Gasteiger partial charge in [-0.25, -0.2) is 0 Å². The van der Waals surface area contributed by atoms with E-state index in [2.05, 4.69) is 19.3 Å². The first kappa shape index (κ1) is 13.4. The molecule has 0 aliphatic heterocycles. The van der Waals surface area contributed by atoms with Crippen LogP contribution in [0.15, 0.2) is 0 Å². The van der Waals surface area contributed by atoms with Crippen LogP contribution in [0.1, 0.15) is 58.3 Å². The molecular weight excluding hydrogens is 210 g/mol. The summed E-state index contributed by atoms with van der Waals surface area (Å²) in [6.45, 7) is 2.41. The zero-order valence-electron chi connectivity index (χ0n) is 11.8. The molecule has 0 bridgehead atoms. The minimum atomic E-state index is 0.217. The van der Waals surface area contributed by atoms with E-state index in [1.807, 2.05) is 7.11 Å².